The number of carboxylic acids is 1. The number of carboxylic acid groups (broad SMARTS) is 1. The first-order valence-electron chi connectivity index (χ1n) is 3.22. The van der Waals surface area contributed by atoms with E-state index in [-0.39, 0.29) is 0 Å². The number of pyridine rings is 1. The Morgan fingerprint density at radius 1 is 1.54 bits per heavy atom. The molecule has 0 saturated heterocycles. The lowest BCUT2D eigenvalue weighted by molar-refractivity contribution is 0.0686. The summed E-state index contributed by atoms with van der Waals surface area (Å²) in [5.74, 6) is -2.22. The summed E-state index contributed by atoms with van der Waals surface area (Å²) in [6.07, 6.45) is -2.06. The van der Waals surface area contributed by atoms with Crippen LogP contribution in [0.4, 0.5) is 8.78 Å². The molecule has 0 saturated carbocycles. The Bertz CT molecular complexity index is 341. The molecule has 1 aromatic heterocycles. The van der Waals surface area contributed by atoms with Crippen LogP contribution in [0, 0.1) is 0 Å². The topological polar surface area (TPSA) is 70.4 Å². The van der Waals surface area contributed by atoms with Gasteiger partial charge in [-0.25, -0.2) is 18.6 Å². The van der Waals surface area contributed by atoms with Gasteiger partial charge in [-0.2, -0.15) is 0 Å². The van der Waals surface area contributed by atoms with Gasteiger partial charge < -0.3 is 10.2 Å². The second kappa shape index (κ2) is 3.34. The number of carbonyl (C=O) groups is 1. The molecule has 0 spiro atoms. The zero-order valence-corrected chi connectivity index (χ0v) is 6.24. The summed E-state index contributed by atoms with van der Waals surface area (Å²) in [6.45, 7) is 0. The average Bonchev–Trinajstić information content (AvgIpc) is 2.03. The summed E-state index contributed by atoms with van der Waals surface area (Å²) in [5, 5.41) is 17.3. The number of nitrogens with zero attached hydrogens (tertiary/aromatic N) is 1. The molecular formula is C7H5F2NO3. The number of hydrogen-bond acceptors (Lipinski definition) is 3. The van der Waals surface area contributed by atoms with Crippen LogP contribution < -0.4 is 0 Å². The summed E-state index contributed by atoms with van der Waals surface area (Å²) >= 11 is 0. The fourth-order valence-electron chi connectivity index (χ4n) is 0.753. The van der Waals surface area contributed by atoms with Crippen molar-refractivity contribution in [1.29, 1.82) is 0 Å². The largest absolute Gasteiger partial charge is 0.505 e. The minimum atomic E-state index is -2.78. The zero-order chi connectivity index (χ0) is 10.0. The van der Waals surface area contributed by atoms with Gasteiger partial charge in [-0.1, -0.05) is 0 Å². The van der Waals surface area contributed by atoms with Crippen molar-refractivity contribution in [1.82, 2.24) is 4.98 Å². The van der Waals surface area contributed by atoms with Gasteiger partial charge in [0.05, 0.1) is 0 Å². The molecule has 0 aliphatic carbocycles. The van der Waals surface area contributed by atoms with Crippen molar-refractivity contribution in [2.45, 2.75) is 6.43 Å². The van der Waals surface area contributed by atoms with Crippen LogP contribution in [0.5, 0.6) is 5.75 Å². The van der Waals surface area contributed by atoms with E-state index in [0.717, 1.165) is 0 Å². The number of alkyl halides is 2. The van der Waals surface area contributed by atoms with E-state index in [2.05, 4.69) is 4.98 Å². The maximum Gasteiger partial charge on any atom is 0.358 e. The van der Waals surface area contributed by atoms with Crippen LogP contribution in [0.2, 0.25) is 0 Å². The summed E-state index contributed by atoms with van der Waals surface area (Å²) in [5.41, 5.74) is -1.15. The van der Waals surface area contributed by atoms with Crippen LogP contribution in [0.25, 0.3) is 0 Å². The van der Waals surface area contributed by atoms with E-state index < -0.39 is 29.4 Å². The van der Waals surface area contributed by atoms with Crippen molar-refractivity contribution in [3.05, 3.63) is 23.5 Å². The lowest BCUT2D eigenvalue weighted by Gasteiger charge is -2.01. The number of aromatic hydroxyl groups is 1. The van der Waals surface area contributed by atoms with Crippen molar-refractivity contribution < 1.29 is 23.8 Å². The van der Waals surface area contributed by atoms with Gasteiger partial charge in [0.25, 0.3) is 6.43 Å². The van der Waals surface area contributed by atoms with Gasteiger partial charge in [-0.05, 0) is 6.07 Å². The van der Waals surface area contributed by atoms with Crippen molar-refractivity contribution in [3.63, 3.8) is 0 Å². The first-order valence-corrected chi connectivity index (χ1v) is 3.22. The van der Waals surface area contributed by atoms with Gasteiger partial charge in [0.2, 0.25) is 0 Å². The summed E-state index contributed by atoms with van der Waals surface area (Å²) < 4.78 is 24.0. The van der Waals surface area contributed by atoms with Gasteiger partial charge in [0.15, 0.2) is 5.69 Å². The first kappa shape index (κ1) is 9.37. The fourth-order valence-corrected chi connectivity index (χ4v) is 0.753. The summed E-state index contributed by atoms with van der Waals surface area (Å²) in [7, 11) is 0. The minimum Gasteiger partial charge on any atom is -0.505 e. The lowest BCUT2D eigenvalue weighted by atomic mass is 10.2. The molecule has 0 unspecified atom stereocenters. The standard InChI is InChI=1S/C7H5F2NO3/c8-6(9)3-1-4(11)5(7(12)13)10-2-3/h1-2,6,11H,(H,12,13). The number of aromatic nitrogens is 1. The smallest absolute Gasteiger partial charge is 0.358 e. The molecule has 13 heavy (non-hydrogen) atoms. The normalized spacial score (nSPS) is 10.4. The highest BCUT2D eigenvalue weighted by molar-refractivity contribution is 5.88. The third-order valence-electron chi connectivity index (χ3n) is 1.34. The van der Waals surface area contributed by atoms with Crippen LogP contribution in [0.1, 0.15) is 22.5 Å². The predicted molar refractivity (Wildman–Crippen MR) is 37.8 cm³/mol. The number of halogens is 2. The Kier molecular flexibility index (Phi) is 2.41. The molecule has 0 fully saturated rings. The molecule has 0 aromatic carbocycles. The Hall–Kier alpha value is -1.72. The summed E-state index contributed by atoms with van der Waals surface area (Å²) in [6, 6.07) is 0.682. The van der Waals surface area contributed by atoms with Gasteiger partial charge in [0, 0.05) is 11.8 Å². The highest BCUT2D eigenvalue weighted by atomic mass is 19.3. The Morgan fingerprint density at radius 2 is 2.15 bits per heavy atom. The second-order valence-corrected chi connectivity index (χ2v) is 2.24. The Balaban J connectivity index is 3.13. The van der Waals surface area contributed by atoms with E-state index in [1.807, 2.05) is 0 Å². The van der Waals surface area contributed by atoms with Gasteiger partial charge >= 0.3 is 5.97 Å². The molecular weight excluding hydrogens is 184 g/mol. The van der Waals surface area contributed by atoms with Crippen molar-refractivity contribution in [2.24, 2.45) is 0 Å². The van der Waals surface area contributed by atoms with Crippen molar-refractivity contribution in [2.75, 3.05) is 0 Å². The monoisotopic (exact) mass is 189 g/mol. The number of hydrogen-bond donors (Lipinski definition) is 2. The third kappa shape index (κ3) is 1.90. The zero-order valence-electron chi connectivity index (χ0n) is 6.24. The molecule has 70 valence electrons. The van der Waals surface area contributed by atoms with Crippen LogP contribution in [-0.2, 0) is 0 Å². The van der Waals surface area contributed by atoms with E-state index in [9.17, 15) is 13.6 Å². The van der Waals surface area contributed by atoms with Crippen LogP contribution >= 0.6 is 0 Å². The first-order chi connectivity index (χ1) is 6.02. The molecule has 0 radical (unpaired) electrons. The average molecular weight is 189 g/mol. The predicted octanol–water partition coefficient (Wildman–Crippen LogP) is 1.42. The molecule has 2 N–H and O–H groups in total. The summed E-state index contributed by atoms with van der Waals surface area (Å²) in [4.78, 5) is 13.5. The van der Waals surface area contributed by atoms with Gasteiger partial charge in [0.1, 0.15) is 5.75 Å². The molecule has 1 aromatic rings. The third-order valence-corrected chi connectivity index (χ3v) is 1.34. The quantitative estimate of drug-likeness (QED) is 0.738. The highest BCUT2D eigenvalue weighted by Crippen LogP contribution is 2.23. The van der Waals surface area contributed by atoms with Crippen LogP contribution in [0.3, 0.4) is 0 Å². The lowest BCUT2D eigenvalue weighted by Crippen LogP contribution is -2.01. The fraction of sp³-hybridized carbons (Fsp3) is 0.143. The maximum atomic E-state index is 12.0. The SMILES string of the molecule is O=C(O)c1ncc(C(F)F)cc1O. The van der Waals surface area contributed by atoms with Crippen LogP contribution in [-0.4, -0.2) is 21.2 Å². The van der Waals surface area contributed by atoms with E-state index >= 15 is 0 Å². The Labute approximate surface area is 71.5 Å². The molecule has 4 nitrogen and oxygen atoms in total. The van der Waals surface area contributed by atoms with Gasteiger partial charge in [-0.15, -0.1) is 0 Å². The van der Waals surface area contributed by atoms with E-state index in [1.54, 1.807) is 0 Å². The van der Waals surface area contributed by atoms with Gasteiger partial charge in [-0.3, -0.25) is 0 Å². The highest BCUT2D eigenvalue weighted by Gasteiger charge is 2.15. The Morgan fingerprint density at radius 3 is 2.54 bits per heavy atom. The van der Waals surface area contributed by atoms with Crippen molar-refractivity contribution in [3.8, 4) is 5.75 Å². The molecule has 0 atom stereocenters. The molecule has 0 aliphatic heterocycles. The molecule has 0 aliphatic rings. The van der Waals surface area contributed by atoms with Crippen LogP contribution in [0.15, 0.2) is 12.3 Å². The second-order valence-electron chi connectivity index (χ2n) is 2.24. The molecule has 6 heteroatoms. The van der Waals surface area contributed by atoms with E-state index in [4.69, 9.17) is 10.2 Å². The molecule has 1 rings (SSSR count). The minimum absolute atomic E-state index is 0.512. The molecule has 0 bridgehead atoms. The maximum absolute atomic E-state index is 12.0. The van der Waals surface area contributed by atoms with Crippen molar-refractivity contribution >= 4 is 5.97 Å². The number of aromatic carboxylic acids is 1. The molecule has 1 heterocycles. The number of rotatable bonds is 2. The van der Waals surface area contributed by atoms with E-state index in [1.165, 1.54) is 0 Å². The molecule has 0 amide bonds. The van der Waals surface area contributed by atoms with E-state index in [0.29, 0.717) is 12.3 Å².